The first-order valence-corrected chi connectivity index (χ1v) is 9.74. The summed E-state index contributed by atoms with van der Waals surface area (Å²) in [5.41, 5.74) is 1.75. The minimum atomic E-state index is -0.621. The highest BCUT2D eigenvalue weighted by Crippen LogP contribution is 2.26. The van der Waals surface area contributed by atoms with E-state index in [9.17, 15) is 9.90 Å². The number of hydrogen-bond acceptors (Lipinski definition) is 6. The fourth-order valence-corrected chi connectivity index (χ4v) is 4.12. The van der Waals surface area contributed by atoms with E-state index in [1.807, 2.05) is 49.1 Å². The molecule has 0 amide bonds. The lowest BCUT2D eigenvalue weighted by Crippen LogP contribution is -2.32. The molecule has 0 spiro atoms. The van der Waals surface area contributed by atoms with Gasteiger partial charge in [0.1, 0.15) is 10.7 Å². The molecule has 1 aromatic carbocycles. The molecule has 2 N–H and O–H groups in total. The van der Waals surface area contributed by atoms with E-state index in [1.165, 1.54) is 11.3 Å². The number of nitrogens with zero attached hydrogens (tertiary/aromatic N) is 2. The predicted octanol–water partition coefficient (Wildman–Crippen LogP) is 2.78. The van der Waals surface area contributed by atoms with Crippen LogP contribution in [0.15, 0.2) is 35.1 Å². The predicted molar refractivity (Wildman–Crippen MR) is 108 cm³/mol. The number of aryl methyl sites for hydroxylation is 2. The molecule has 0 aliphatic heterocycles. The summed E-state index contributed by atoms with van der Waals surface area (Å²) >= 11 is 1.54. The lowest BCUT2D eigenvalue weighted by Gasteiger charge is -2.24. The van der Waals surface area contributed by atoms with E-state index in [1.54, 1.807) is 7.11 Å². The van der Waals surface area contributed by atoms with Crippen LogP contribution in [0.5, 0.6) is 0 Å². The maximum Gasteiger partial charge on any atom is 0.259 e. The van der Waals surface area contributed by atoms with Crippen LogP contribution in [0.2, 0.25) is 0 Å². The summed E-state index contributed by atoms with van der Waals surface area (Å²) in [6.45, 7) is 5.98. The molecule has 0 saturated carbocycles. The summed E-state index contributed by atoms with van der Waals surface area (Å²) in [6.07, 6.45) is -0.621. The van der Waals surface area contributed by atoms with Crippen molar-refractivity contribution in [3.8, 4) is 0 Å². The number of fused-ring (bicyclic) bond motifs is 1. The summed E-state index contributed by atoms with van der Waals surface area (Å²) in [5, 5.41) is 11.2. The van der Waals surface area contributed by atoms with E-state index in [4.69, 9.17) is 4.74 Å². The number of thiophene rings is 1. The molecule has 0 bridgehead atoms. The van der Waals surface area contributed by atoms with Gasteiger partial charge in [0, 0.05) is 25.1 Å². The number of ether oxygens (including phenoxy) is 1. The van der Waals surface area contributed by atoms with Crippen LogP contribution < -0.4 is 5.56 Å². The van der Waals surface area contributed by atoms with Gasteiger partial charge in [-0.15, -0.1) is 11.3 Å². The van der Waals surface area contributed by atoms with Gasteiger partial charge < -0.3 is 14.8 Å². The summed E-state index contributed by atoms with van der Waals surface area (Å²) < 4.78 is 5.20. The molecule has 7 heteroatoms. The van der Waals surface area contributed by atoms with Crippen LogP contribution in [0.25, 0.3) is 10.2 Å². The van der Waals surface area contributed by atoms with Gasteiger partial charge >= 0.3 is 0 Å². The molecule has 3 rings (SSSR count). The van der Waals surface area contributed by atoms with Crippen molar-refractivity contribution in [2.45, 2.75) is 26.5 Å². The van der Waals surface area contributed by atoms with Gasteiger partial charge in [0.2, 0.25) is 0 Å². The summed E-state index contributed by atoms with van der Waals surface area (Å²) in [5.74, 6) is 0.602. The normalized spacial score (nSPS) is 12.8. The second-order valence-corrected chi connectivity index (χ2v) is 7.83. The van der Waals surface area contributed by atoms with Crippen molar-refractivity contribution in [1.29, 1.82) is 0 Å². The topological polar surface area (TPSA) is 78.5 Å². The van der Waals surface area contributed by atoms with Crippen LogP contribution in [-0.4, -0.2) is 46.8 Å². The van der Waals surface area contributed by atoms with E-state index in [-0.39, 0.29) is 5.56 Å². The molecular weight excluding hydrogens is 362 g/mol. The molecule has 0 unspecified atom stereocenters. The molecule has 2 heterocycles. The quantitative estimate of drug-likeness (QED) is 0.621. The zero-order chi connectivity index (χ0) is 19.4. The van der Waals surface area contributed by atoms with Crippen molar-refractivity contribution < 1.29 is 9.84 Å². The van der Waals surface area contributed by atoms with E-state index < -0.39 is 6.10 Å². The third kappa shape index (κ3) is 4.62. The number of H-pyrrole nitrogens is 1. The zero-order valence-electron chi connectivity index (χ0n) is 15.9. The van der Waals surface area contributed by atoms with Crippen molar-refractivity contribution in [3.63, 3.8) is 0 Å². The van der Waals surface area contributed by atoms with Gasteiger partial charge in [0.15, 0.2) is 0 Å². The second kappa shape index (κ2) is 8.75. The maximum absolute atomic E-state index is 12.5. The molecular formula is C20H25N3O3S. The van der Waals surface area contributed by atoms with Gasteiger partial charge in [-0.1, -0.05) is 30.3 Å². The highest BCUT2D eigenvalue weighted by atomic mass is 32.1. The first kappa shape index (κ1) is 19.7. The van der Waals surface area contributed by atoms with E-state index in [2.05, 4.69) is 9.97 Å². The molecule has 6 nitrogen and oxygen atoms in total. The van der Waals surface area contributed by atoms with Crippen molar-refractivity contribution in [1.82, 2.24) is 14.9 Å². The molecule has 144 valence electrons. The first-order chi connectivity index (χ1) is 13.0. The lowest BCUT2D eigenvalue weighted by molar-refractivity contribution is 0.0835. The smallest absolute Gasteiger partial charge is 0.259 e. The van der Waals surface area contributed by atoms with Crippen LogP contribution in [0.4, 0.5) is 0 Å². The fraction of sp³-hybridized carbons (Fsp3) is 0.400. The molecule has 27 heavy (non-hydrogen) atoms. The Kier molecular flexibility index (Phi) is 6.38. The average Bonchev–Trinajstić information content (AvgIpc) is 2.94. The highest BCUT2D eigenvalue weighted by Gasteiger charge is 2.17. The number of aromatic amines is 1. The number of aromatic nitrogens is 2. The molecule has 3 aromatic rings. The van der Waals surface area contributed by atoms with Crippen LogP contribution in [0.1, 0.15) is 27.9 Å². The maximum atomic E-state index is 12.5. The highest BCUT2D eigenvalue weighted by molar-refractivity contribution is 7.18. The summed E-state index contributed by atoms with van der Waals surface area (Å²) in [4.78, 5) is 23.9. The number of methoxy groups -OCH3 is 1. The second-order valence-electron chi connectivity index (χ2n) is 6.63. The monoisotopic (exact) mass is 387 g/mol. The zero-order valence-corrected chi connectivity index (χ0v) is 16.7. The minimum Gasteiger partial charge on any atom is -0.387 e. The van der Waals surface area contributed by atoms with Crippen LogP contribution in [0.3, 0.4) is 0 Å². The Morgan fingerprint density at radius 2 is 2.04 bits per heavy atom. The van der Waals surface area contributed by atoms with Gasteiger partial charge in [0.05, 0.1) is 24.6 Å². The van der Waals surface area contributed by atoms with Gasteiger partial charge in [-0.25, -0.2) is 4.98 Å². The minimum absolute atomic E-state index is 0.104. The van der Waals surface area contributed by atoms with E-state index >= 15 is 0 Å². The number of rotatable bonds is 8. The largest absolute Gasteiger partial charge is 0.387 e. The third-order valence-electron chi connectivity index (χ3n) is 4.69. The van der Waals surface area contributed by atoms with Crippen LogP contribution in [-0.2, 0) is 11.3 Å². The lowest BCUT2D eigenvalue weighted by atomic mass is 10.1. The number of benzene rings is 1. The van der Waals surface area contributed by atoms with Crippen LogP contribution >= 0.6 is 11.3 Å². The average molecular weight is 388 g/mol. The Labute approximate surface area is 162 Å². The van der Waals surface area contributed by atoms with Gasteiger partial charge in [-0.3, -0.25) is 9.69 Å². The molecule has 0 saturated heterocycles. The van der Waals surface area contributed by atoms with Gasteiger partial charge in [0.25, 0.3) is 5.56 Å². The van der Waals surface area contributed by atoms with Gasteiger partial charge in [-0.2, -0.15) is 0 Å². The number of nitrogens with one attached hydrogen (secondary N) is 1. The molecule has 0 aliphatic rings. The third-order valence-corrected chi connectivity index (χ3v) is 5.79. The molecule has 1 atom stereocenters. The number of aliphatic hydroxyl groups is 1. The fourth-order valence-electron chi connectivity index (χ4n) is 3.07. The van der Waals surface area contributed by atoms with Crippen LogP contribution in [0, 0.1) is 13.8 Å². The van der Waals surface area contributed by atoms with Crippen molar-refractivity contribution >= 4 is 21.6 Å². The van der Waals surface area contributed by atoms with Crippen molar-refractivity contribution in [3.05, 3.63) is 62.5 Å². The Hall–Kier alpha value is -2.06. The first-order valence-electron chi connectivity index (χ1n) is 8.92. The molecule has 0 radical (unpaired) electrons. The Bertz CT molecular complexity index is 952. The Morgan fingerprint density at radius 1 is 1.30 bits per heavy atom. The SMILES string of the molecule is COCCN(Cc1nc2sc(C)c(C)c2c(=O)[nH]1)C[C@H](O)c1ccccc1. The van der Waals surface area contributed by atoms with E-state index in [0.717, 1.165) is 20.8 Å². The van der Waals surface area contributed by atoms with Crippen molar-refractivity contribution in [2.75, 3.05) is 26.8 Å². The Balaban J connectivity index is 1.81. The Morgan fingerprint density at radius 3 is 2.74 bits per heavy atom. The molecule has 0 fully saturated rings. The van der Waals surface area contributed by atoms with Crippen molar-refractivity contribution in [2.24, 2.45) is 0 Å². The van der Waals surface area contributed by atoms with Gasteiger partial charge in [-0.05, 0) is 25.0 Å². The van der Waals surface area contributed by atoms with E-state index in [0.29, 0.717) is 37.5 Å². The summed E-state index contributed by atoms with van der Waals surface area (Å²) in [6, 6.07) is 9.55. The number of hydrogen-bond donors (Lipinski definition) is 2. The molecule has 2 aromatic heterocycles. The summed E-state index contributed by atoms with van der Waals surface area (Å²) in [7, 11) is 1.65. The standard InChI is InChI=1S/C20H25N3O3S/c1-13-14(2)27-20-18(13)19(25)21-17(22-20)12-23(9-10-26-3)11-16(24)15-7-5-4-6-8-15/h4-8,16,24H,9-12H2,1-3H3,(H,21,22,25)/t16-/m0/s1. The molecule has 0 aliphatic carbocycles. The number of aliphatic hydroxyl groups excluding tert-OH is 1.